The van der Waals surface area contributed by atoms with Gasteiger partial charge in [-0.1, -0.05) is 48.5 Å². The molecule has 3 rings (SSSR count). The first-order valence-electron chi connectivity index (χ1n) is 7.21. The highest BCUT2D eigenvalue weighted by Gasteiger charge is 2.21. The summed E-state index contributed by atoms with van der Waals surface area (Å²) in [4.78, 5) is 0. The molecular formula is C18H20OS. The molecule has 0 spiro atoms. The van der Waals surface area contributed by atoms with Crippen molar-refractivity contribution in [2.75, 3.05) is 6.61 Å². The first kappa shape index (κ1) is 13.7. The molecule has 0 radical (unpaired) electrons. The molecule has 1 nitrogen and oxygen atoms in total. The zero-order chi connectivity index (χ0) is 13.8. The highest BCUT2D eigenvalue weighted by atomic mass is 32.1. The molecule has 1 aliphatic rings. The Morgan fingerprint density at radius 3 is 1.85 bits per heavy atom. The van der Waals surface area contributed by atoms with Gasteiger partial charge < -0.3 is 4.74 Å². The monoisotopic (exact) mass is 284 g/mol. The van der Waals surface area contributed by atoms with E-state index in [-0.39, 0.29) is 0 Å². The van der Waals surface area contributed by atoms with Crippen molar-refractivity contribution in [2.24, 2.45) is 0 Å². The van der Waals surface area contributed by atoms with Crippen LogP contribution in [0.2, 0.25) is 0 Å². The van der Waals surface area contributed by atoms with Crippen LogP contribution >= 0.6 is 12.6 Å². The number of rotatable bonds is 6. The molecule has 1 fully saturated rings. The predicted octanol–water partition coefficient (Wildman–Crippen LogP) is 4.04. The molecule has 0 bridgehead atoms. The van der Waals surface area contributed by atoms with Gasteiger partial charge in [-0.25, -0.2) is 0 Å². The molecule has 1 aliphatic heterocycles. The van der Waals surface area contributed by atoms with Crippen LogP contribution in [-0.2, 0) is 23.3 Å². The zero-order valence-corrected chi connectivity index (χ0v) is 12.5. The Bertz CT molecular complexity index is 541. The third-order valence-electron chi connectivity index (χ3n) is 3.79. The maximum atomic E-state index is 5.25. The number of benzene rings is 2. The molecule has 2 heteroatoms. The summed E-state index contributed by atoms with van der Waals surface area (Å²) in [6.45, 7) is 0.959. The highest BCUT2D eigenvalue weighted by molar-refractivity contribution is 7.79. The van der Waals surface area contributed by atoms with Crippen LogP contribution in [0.1, 0.15) is 28.7 Å². The quantitative estimate of drug-likeness (QED) is 0.624. The molecular weight excluding hydrogens is 264 g/mol. The topological polar surface area (TPSA) is 12.5 Å². The first-order chi connectivity index (χ1) is 9.83. The van der Waals surface area contributed by atoms with E-state index in [9.17, 15) is 0 Å². The number of aryl methyl sites for hydroxylation is 1. The van der Waals surface area contributed by atoms with Crippen LogP contribution < -0.4 is 0 Å². The van der Waals surface area contributed by atoms with Gasteiger partial charge in [0.25, 0.3) is 0 Å². The molecule has 104 valence electrons. The Balaban J connectivity index is 1.58. The van der Waals surface area contributed by atoms with Gasteiger partial charge in [-0.05, 0) is 41.5 Å². The van der Waals surface area contributed by atoms with Crippen LogP contribution in [0.4, 0.5) is 0 Å². The van der Waals surface area contributed by atoms with Crippen molar-refractivity contribution in [3.63, 3.8) is 0 Å². The molecule has 0 aromatic heterocycles. The summed E-state index contributed by atoms with van der Waals surface area (Å²) in [5, 5.41) is 0. The van der Waals surface area contributed by atoms with Gasteiger partial charge >= 0.3 is 0 Å². The number of hydrogen-bond acceptors (Lipinski definition) is 2. The molecule has 1 unspecified atom stereocenters. The second kappa shape index (κ2) is 6.47. The predicted molar refractivity (Wildman–Crippen MR) is 86.4 cm³/mol. The van der Waals surface area contributed by atoms with Crippen LogP contribution in [-0.4, -0.2) is 12.7 Å². The lowest BCUT2D eigenvalue weighted by atomic mass is 10.0. The van der Waals surface area contributed by atoms with Gasteiger partial charge in [0, 0.05) is 5.75 Å². The number of epoxide rings is 1. The average Bonchev–Trinajstić information content (AvgIpc) is 3.32. The lowest BCUT2D eigenvalue weighted by molar-refractivity contribution is 0.397. The summed E-state index contributed by atoms with van der Waals surface area (Å²) < 4.78 is 5.25. The molecule has 0 amide bonds. The van der Waals surface area contributed by atoms with E-state index < -0.39 is 0 Å². The molecule has 1 heterocycles. The van der Waals surface area contributed by atoms with Crippen LogP contribution in [0.15, 0.2) is 48.5 Å². The third kappa shape index (κ3) is 3.87. The Hall–Kier alpha value is -1.25. The second-order valence-electron chi connectivity index (χ2n) is 5.46. The molecule has 2 aromatic carbocycles. The van der Waals surface area contributed by atoms with Gasteiger partial charge in [0.15, 0.2) is 0 Å². The third-order valence-corrected chi connectivity index (χ3v) is 4.16. The molecule has 1 saturated heterocycles. The van der Waals surface area contributed by atoms with Crippen LogP contribution in [0.3, 0.4) is 0 Å². The van der Waals surface area contributed by atoms with Crippen LogP contribution in [0.25, 0.3) is 0 Å². The van der Waals surface area contributed by atoms with Gasteiger partial charge in [-0.3, -0.25) is 0 Å². The molecule has 2 aromatic rings. The summed E-state index contributed by atoms with van der Waals surface area (Å²) in [6, 6.07) is 17.7. The normalized spacial score (nSPS) is 17.1. The van der Waals surface area contributed by atoms with Crippen molar-refractivity contribution in [1.82, 2.24) is 0 Å². The van der Waals surface area contributed by atoms with Crippen molar-refractivity contribution < 1.29 is 4.74 Å². The second-order valence-corrected chi connectivity index (χ2v) is 5.78. The minimum atomic E-state index is 0.528. The molecule has 1 atom stereocenters. The Labute approximate surface area is 126 Å². The fraction of sp³-hybridized carbons (Fsp3) is 0.333. The molecule has 20 heavy (non-hydrogen) atoms. The smallest absolute Gasteiger partial charge is 0.0813 e. The van der Waals surface area contributed by atoms with Gasteiger partial charge in [-0.15, -0.1) is 0 Å². The zero-order valence-electron chi connectivity index (χ0n) is 11.6. The summed E-state index contributed by atoms with van der Waals surface area (Å²) in [7, 11) is 0. The minimum Gasteiger partial charge on any atom is -0.373 e. The lowest BCUT2D eigenvalue weighted by Crippen LogP contribution is -1.93. The van der Waals surface area contributed by atoms with E-state index in [0.29, 0.717) is 6.10 Å². The maximum absolute atomic E-state index is 5.25. The van der Waals surface area contributed by atoms with Crippen molar-refractivity contribution in [3.05, 3.63) is 70.8 Å². The standard InChI is InChI=1S/C18H20OS/c20-13-17-7-5-16(6-8-17)11-15-3-1-14(2-4-15)9-10-18-12-19-18/h1-8,18,20H,9-13H2. The summed E-state index contributed by atoms with van der Waals surface area (Å²) in [6.07, 6.45) is 3.81. The largest absolute Gasteiger partial charge is 0.373 e. The van der Waals surface area contributed by atoms with Crippen LogP contribution in [0, 0.1) is 0 Å². The van der Waals surface area contributed by atoms with E-state index in [1.165, 1.54) is 22.3 Å². The Morgan fingerprint density at radius 2 is 1.35 bits per heavy atom. The van der Waals surface area contributed by atoms with Gasteiger partial charge in [-0.2, -0.15) is 12.6 Å². The summed E-state index contributed by atoms with van der Waals surface area (Å²) in [5.74, 6) is 0.805. The van der Waals surface area contributed by atoms with Gasteiger partial charge in [0.1, 0.15) is 0 Å². The first-order valence-corrected chi connectivity index (χ1v) is 7.85. The van der Waals surface area contributed by atoms with E-state index in [1.54, 1.807) is 0 Å². The minimum absolute atomic E-state index is 0.528. The molecule has 0 N–H and O–H groups in total. The summed E-state index contributed by atoms with van der Waals surface area (Å²) in [5.41, 5.74) is 5.41. The molecule has 0 aliphatic carbocycles. The lowest BCUT2D eigenvalue weighted by Gasteiger charge is -2.05. The maximum Gasteiger partial charge on any atom is 0.0813 e. The van der Waals surface area contributed by atoms with Crippen molar-refractivity contribution in [1.29, 1.82) is 0 Å². The highest BCUT2D eigenvalue weighted by Crippen LogP contribution is 2.18. The van der Waals surface area contributed by atoms with E-state index in [2.05, 4.69) is 61.2 Å². The Morgan fingerprint density at radius 1 is 0.850 bits per heavy atom. The molecule has 0 saturated carbocycles. The van der Waals surface area contributed by atoms with Crippen molar-refractivity contribution in [2.45, 2.75) is 31.1 Å². The van der Waals surface area contributed by atoms with Gasteiger partial charge in [0.2, 0.25) is 0 Å². The van der Waals surface area contributed by atoms with Gasteiger partial charge in [0.05, 0.1) is 12.7 Å². The summed E-state index contributed by atoms with van der Waals surface area (Å²) >= 11 is 4.28. The average molecular weight is 284 g/mol. The van der Waals surface area contributed by atoms with E-state index in [4.69, 9.17) is 4.74 Å². The van der Waals surface area contributed by atoms with E-state index in [1.807, 2.05) is 0 Å². The number of hydrogen-bond donors (Lipinski definition) is 1. The van der Waals surface area contributed by atoms with Crippen molar-refractivity contribution >= 4 is 12.6 Å². The SMILES string of the molecule is SCc1ccc(Cc2ccc(CCC3CO3)cc2)cc1. The van der Waals surface area contributed by atoms with Crippen molar-refractivity contribution in [3.8, 4) is 0 Å². The van der Waals surface area contributed by atoms with E-state index in [0.717, 1.165) is 31.6 Å². The number of thiol groups is 1. The fourth-order valence-electron chi connectivity index (χ4n) is 2.38. The fourth-order valence-corrected chi connectivity index (χ4v) is 2.60. The van der Waals surface area contributed by atoms with E-state index >= 15 is 0 Å². The number of ether oxygens (including phenoxy) is 1. The Kier molecular flexibility index (Phi) is 4.44. The van der Waals surface area contributed by atoms with Crippen LogP contribution in [0.5, 0.6) is 0 Å².